The summed E-state index contributed by atoms with van der Waals surface area (Å²) in [5, 5.41) is 2.95. The second-order valence-corrected chi connectivity index (χ2v) is 10.3. The van der Waals surface area contributed by atoms with E-state index >= 15 is 0 Å². The molecule has 0 aliphatic rings. The third-order valence-electron chi connectivity index (χ3n) is 5.60. The molecule has 6 nitrogen and oxygen atoms in total. The number of ether oxygens (including phenoxy) is 1. The van der Waals surface area contributed by atoms with Gasteiger partial charge < -0.3 is 10.1 Å². The Labute approximate surface area is 202 Å². The number of aryl methyl sites for hydroxylation is 3. The van der Waals surface area contributed by atoms with E-state index in [0.717, 1.165) is 26.6 Å². The smallest absolute Gasteiger partial charge is 0.264 e. The molecule has 0 spiro atoms. The highest BCUT2D eigenvalue weighted by molar-refractivity contribution is 7.92. The van der Waals surface area contributed by atoms with Gasteiger partial charge in [-0.25, -0.2) is 8.42 Å². The zero-order valence-corrected chi connectivity index (χ0v) is 21.1. The van der Waals surface area contributed by atoms with Crippen LogP contribution in [0.4, 0.5) is 5.69 Å². The third kappa shape index (κ3) is 5.97. The van der Waals surface area contributed by atoms with Gasteiger partial charge in [0, 0.05) is 0 Å². The van der Waals surface area contributed by atoms with Gasteiger partial charge in [0.2, 0.25) is 5.91 Å². The SMILES string of the molecule is CCOc1ccc(S(=O)(=O)N(CC(=O)N[C@H](C)c2ccc(C)cc2C)c2ccc(C)cc2)cc1. The van der Waals surface area contributed by atoms with E-state index in [1.54, 1.807) is 24.3 Å². The molecule has 0 saturated carbocycles. The Bertz CT molecular complexity index is 1240. The fourth-order valence-corrected chi connectivity index (χ4v) is 5.26. The topological polar surface area (TPSA) is 75.7 Å². The van der Waals surface area contributed by atoms with Crippen LogP contribution in [0.3, 0.4) is 0 Å². The standard InChI is InChI=1S/C27H32N2O4S/c1-6-33-24-12-14-25(15-13-24)34(31,32)29(23-10-7-19(2)8-11-23)18-27(30)28-22(5)26-16-9-20(3)17-21(26)4/h7-17,22H,6,18H2,1-5H3,(H,28,30)/t22-/m1/s1. The predicted molar refractivity (Wildman–Crippen MR) is 136 cm³/mol. The molecular formula is C27H32N2O4S. The molecule has 0 fully saturated rings. The highest BCUT2D eigenvalue weighted by atomic mass is 32.2. The molecule has 3 aromatic carbocycles. The first kappa shape index (κ1) is 25.3. The molecule has 1 amide bonds. The zero-order valence-electron chi connectivity index (χ0n) is 20.3. The van der Waals surface area contributed by atoms with Crippen molar-refractivity contribution >= 4 is 21.6 Å². The molecule has 0 saturated heterocycles. The van der Waals surface area contributed by atoms with Crippen molar-refractivity contribution in [3.63, 3.8) is 0 Å². The fraction of sp³-hybridized carbons (Fsp3) is 0.296. The van der Waals surface area contributed by atoms with Crippen LogP contribution in [0.2, 0.25) is 0 Å². The van der Waals surface area contributed by atoms with Crippen molar-refractivity contribution in [2.45, 2.75) is 45.6 Å². The van der Waals surface area contributed by atoms with Crippen LogP contribution >= 0.6 is 0 Å². The monoisotopic (exact) mass is 480 g/mol. The Morgan fingerprint density at radius 2 is 1.56 bits per heavy atom. The molecule has 0 aliphatic carbocycles. The number of hydrogen-bond donors (Lipinski definition) is 1. The van der Waals surface area contributed by atoms with Gasteiger partial charge in [-0.3, -0.25) is 9.10 Å². The van der Waals surface area contributed by atoms with Crippen molar-refractivity contribution in [3.8, 4) is 5.75 Å². The molecule has 1 N–H and O–H groups in total. The number of carbonyl (C=O) groups excluding carboxylic acids is 1. The van der Waals surface area contributed by atoms with E-state index < -0.39 is 10.0 Å². The number of hydrogen-bond acceptors (Lipinski definition) is 4. The number of rotatable bonds is 9. The van der Waals surface area contributed by atoms with Crippen molar-refractivity contribution in [3.05, 3.63) is 89.0 Å². The van der Waals surface area contributed by atoms with Crippen LogP contribution in [0.25, 0.3) is 0 Å². The van der Waals surface area contributed by atoms with Crippen LogP contribution in [-0.4, -0.2) is 27.5 Å². The minimum Gasteiger partial charge on any atom is -0.494 e. The van der Waals surface area contributed by atoms with Crippen molar-refractivity contribution in [2.75, 3.05) is 17.5 Å². The lowest BCUT2D eigenvalue weighted by molar-refractivity contribution is -0.120. The summed E-state index contributed by atoms with van der Waals surface area (Å²) >= 11 is 0. The molecule has 3 rings (SSSR count). The number of anilines is 1. The number of nitrogens with zero attached hydrogens (tertiary/aromatic N) is 1. The van der Waals surface area contributed by atoms with E-state index in [4.69, 9.17) is 4.74 Å². The zero-order chi connectivity index (χ0) is 24.9. The van der Waals surface area contributed by atoms with Crippen molar-refractivity contribution < 1.29 is 17.9 Å². The summed E-state index contributed by atoms with van der Waals surface area (Å²) in [7, 11) is -3.99. The molecule has 34 heavy (non-hydrogen) atoms. The Morgan fingerprint density at radius 3 is 2.15 bits per heavy atom. The first-order valence-corrected chi connectivity index (χ1v) is 12.7. The van der Waals surface area contributed by atoms with E-state index in [1.165, 1.54) is 12.1 Å². The lowest BCUT2D eigenvalue weighted by atomic mass is 10.0. The van der Waals surface area contributed by atoms with Crippen LogP contribution in [0.15, 0.2) is 71.6 Å². The van der Waals surface area contributed by atoms with Gasteiger partial charge in [-0.1, -0.05) is 41.5 Å². The summed E-state index contributed by atoms with van der Waals surface area (Å²) < 4.78 is 33.7. The van der Waals surface area contributed by atoms with Crippen molar-refractivity contribution in [1.29, 1.82) is 0 Å². The van der Waals surface area contributed by atoms with Crippen LogP contribution in [0.1, 0.15) is 42.1 Å². The molecule has 3 aromatic rings. The van der Waals surface area contributed by atoms with Crippen LogP contribution in [0, 0.1) is 20.8 Å². The molecule has 0 aliphatic heterocycles. The maximum atomic E-state index is 13.6. The highest BCUT2D eigenvalue weighted by Gasteiger charge is 2.28. The second-order valence-electron chi connectivity index (χ2n) is 8.40. The van der Waals surface area contributed by atoms with Crippen molar-refractivity contribution in [2.24, 2.45) is 0 Å². The first-order chi connectivity index (χ1) is 16.1. The normalized spacial score (nSPS) is 12.1. The minimum atomic E-state index is -3.99. The molecule has 0 radical (unpaired) electrons. The molecule has 1 atom stereocenters. The summed E-state index contributed by atoms with van der Waals surface area (Å²) in [5.41, 5.74) is 4.64. The van der Waals surface area contributed by atoms with Gasteiger partial charge in [-0.05, 0) is 82.1 Å². The fourth-order valence-electron chi connectivity index (χ4n) is 3.83. The van der Waals surface area contributed by atoms with Gasteiger partial charge in [0.05, 0.1) is 23.2 Å². The van der Waals surface area contributed by atoms with Crippen LogP contribution in [-0.2, 0) is 14.8 Å². The second kappa shape index (κ2) is 10.7. The van der Waals surface area contributed by atoms with E-state index in [2.05, 4.69) is 11.4 Å². The average Bonchev–Trinajstić information content (AvgIpc) is 2.78. The summed E-state index contributed by atoms with van der Waals surface area (Å²) in [6, 6.07) is 19.1. The van der Waals surface area contributed by atoms with Crippen LogP contribution in [0.5, 0.6) is 5.75 Å². The quantitative estimate of drug-likeness (QED) is 0.463. The van der Waals surface area contributed by atoms with E-state index in [0.29, 0.717) is 18.0 Å². The molecule has 0 unspecified atom stereocenters. The minimum absolute atomic E-state index is 0.0896. The Kier molecular flexibility index (Phi) is 7.99. The van der Waals surface area contributed by atoms with E-state index in [9.17, 15) is 13.2 Å². The van der Waals surface area contributed by atoms with Gasteiger partial charge in [0.1, 0.15) is 12.3 Å². The Hall–Kier alpha value is -3.32. The van der Waals surface area contributed by atoms with Gasteiger partial charge in [-0.2, -0.15) is 0 Å². The summed E-state index contributed by atoms with van der Waals surface area (Å²) in [5.74, 6) is 0.200. The molecule has 7 heteroatoms. The van der Waals surface area contributed by atoms with Gasteiger partial charge in [-0.15, -0.1) is 0 Å². The molecule has 0 bridgehead atoms. The number of nitrogens with one attached hydrogen (secondary N) is 1. The lowest BCUT2D eigenvalue weighted by Gasteiger charge is -2.25. The van der Waals surface area contributed by atoms with Gasteiger partial charge >= 0.3 is 0 Å². The molecule has 0 heterocycles. The number of amides is 1. The summed E-state index contributed by atoms with van der Waals surface area (Å²) in [6.45, 7) is 9.85. The first-order valence-electron chi connectivity index (χ1n) is 11.3. The van der Waals surface area contributed by atoms with Gasteiger partial charge in [0.15, 0.2) is 0 Å². The maximum Gasteiger partial charge on any atom is 0.264 e. The third-order valence-corrected chi connectivity index (χ3v) is 7.39. The van der Waals surface area contributed by atoms with E-state index in [1.807, 2.05) is 58.9 Å². The van der Waals surface area contributed by atoms with Gasteiger partial charge in [0.25, 0.3) is 10.0 Å². The maximum absolute atomic E-state index is 13.6. The number of benzene rings is 3. The summed E-state index contributed by atoms with van der Waals surface area (Å²) in [4.78, 5) is 13.1. The number of carbonyl (C=O) groups is 1. The average molecular weight is 481 g/mol. The highest BCUT2D eigenvalue weighted by Crippen LogP contribution is 2.26. The Morgan fingerprint density at radius 1 is 0.941 bits per heavy atom. The van der Waals surface area contributed by atoms with Crippen LogP contribution < -0.4 is 14.4 Å². The summed E-state index contributed by atoms with van der Waals surface area (Å²) in [6.07, 6.45) is 0. The van der Waals surface area contributed by atoms with Crippen molar-refractivity contribution in [1.82, 2.24) is 5.32 Å². The molecule has 0 aromatic heterocycles. The van der Waals surface area contributed by atoms with E-state index in [-0.39, 0.29) is 23.4 Å². The predicted octanol–water partition coefficient (Wildman–Crippen LogP) is 5.08. The lowest BCUT2D eigenvalue weighted by Crippen LogP contribution is -2.41. The molecule has 180 valence electrons. The Balaban J connectivity index is 1.88. The molecular weight excluding hydrogens is 448 g/mol. The number of sulfonamides is 1. The largest absolute Gasteiger partial charge is 0.494 e.